The number of halogens is 2. The fraction of sp³-hybridized carbons (Fsp3) is 1.00. The standard InChI is InChI=1S/C8H18O2.Cl2O2S/c1-7(2,3)9-10-8(4,5)6;1-5(2,3)4/h1-6H3;. The van der Waals surface area contributed by atoms with E-state index >= 15 is 0 Å². The molecular weight excluding hydrogens is 263 g/mol. The third kappa shape index (κ3) is 40.4. The van der Waals surface area contributed by atoms with Gasteiger partial charge in [0.05, 0.1) is 11.2 Å². The lowest BCUT2D eigenvalue weighted by Gasteiger charge is -2.24. The average Bonchev–Trinajstić information content (AvgIpc) is 1.76. The van der Waals surface area contributed by atoms with Gasteiger partial charge >= 0.3 is 8.26 Å². The van der Waals surface area contributed by atoms with Crippen molar-refractivity contribution >= 4 is 29.6 Å². The third-order valence-electron chi connectivity index (χ3n) is 0.542. The van der Waals surface area contributed by atoms with Gasteiger partial charge in [0, 0.05) is 21.4 Å². The number of rotatable bonds is 1. The largest absolute Gasteiger partial charge is 0.317 e. The summed E-state index contributed by atoms with van der Waals surface area (Å²) < 4.78 is 18.3. The van der Waals surface area contributed by atoms with Crippen LogP contribution in [-0.4, -0.2) is 19.6 Å². The molecule has 0 atom stereocenters. The first kappa shape index (κ1) is 17.8. The molecule has 94 valence electrons. The van der Waals surface area contributed by atoms with Gasteiger partial charge in [0.1, 0.15) is 0 Å². The molecule has 0 aromatic carbocycles. The average molecular weight is 281 g/mol. The van der Waals surface area contributed by atoms with Crippen LogP contribution in [0.3, 0.4) is 0 Å². The smallest absolute Gasteiger partial charge is 0.230 e. The van der Waals surface area contributed by atoms with Gasteiger partial charge < -0.3 is 0 Å². The van der Waals surface area contributed by atoms with Crippen molar-refractivity contribution in [3.8, 4) is 0 Å². The van der Waals surface area contributed by atoms with Crippen LogP contribution in [0.25, 0.3) is 0 Å². The zero-order valence-electron chi connectivity index (χ0n) is 9.80. The molecule has 0 aromatic heterocycles. The van der Waals surface area contributed by atoms with Crippen LogP contribution in [0.15, 0.2) is 0 Å². The molecule has 7 heteroatoms. The van der Waals surface area contributed by atoms with E-state index in [1.54, 1.807) is 0 Å². The highest BCUT2D eigenvalue weighted by molar-refractivity contribution is 8.31. The number of hydrogen-bond donors (Lipinski definition) is 0. The maximum Gasteiger partial charge on any atom is 0.317 e. The molecular formula is C8H18Cl2O4S. The molecule has 0 unspecified atom stereocenters. The molecule has 0 aliphatic heterocycles. The van der Waals surface area contributed by atoms with Crippen molar-refractivity contribution in [2.24, 2.45) is 0 Å². The Morgan fingerprint density at radius 3 is 1.00 bits per heavy atom. The van der Waals surface area contributed by atoms with E-state index in [1.807, 2.05) is 41.5 Å². The van der Waals surface area contributed by atoms with Crippen molar-refractivity contribution in [1.82, 2.24) is 0 Å². The van der Waals surface area contributed by atoms with Gasteiger partial charge in [-0.3, -0.25) is 0 Å². The summed E-state index contributed by atoms with van der Waals surface area (Å²) in [4.78, 5) is 10.2. The van der Waals surface area contributed by atoms with Crippen LogP contribution >= 0.6 is 21.4 Å². The van der Waals surface area contributed by atoms with Crippen LogP contribution < -0.4 is 0 Å². The molecule has 0 aliphatic rings. The van der Waals surface area contributed by atoms with Crippen molar-refractivity contribution in [1.29, 1.82) is 0 Å². The third-order valence-corrected chi connectivity index (χ3v) is 0.542. The monoisotopic (exact) mass is 280 g/mol. The summed E-state index contributed by atoms with van der Waals surface area (Å²) in [7, 11) is 4.81. The van der Waals surface area contributed by atoms with Crippen LogP contribution in [-0.2, 0) is 18.0 Å². The first-order valence-electron chi connectivity index (χ1n) is 4.22. The summed E-state index contributed by atoms with van der Waals surface area (Å²) in [6.45, 7) is 11.7. The molecule has 0 heterocycles. The summed E-state index contributed by atoms with van der Waals surface area (Å²) in [6, 6.07) is 0. The highest BCUT2D eigenvalue weighted by Crippen LogP contribution is 2.14. The normalized spacial score (nSPS) is 13.1. The zero-order chi connectivity index (χ0) is 12.9. The van der Waals surface area contributed by atoms with Gasteiger partial charge in [-0.15, -0.1) is 0 Å². The Bertz CT molecular complexity index is 239. The van der Waals surface area contributed by atoms with E-state index < -0.39 is 8.26 Å². The van der Waals surface area contributed by atoms with Crippen LogP contribution in [0, 0.1) is 0 Å². The van der Waals surface area contributed by atoms with E-state index in [0.29, 0.717) is 0 Å². The summed E-state index contributed by atoms with van der Waals surface area (Å²) in [5.74, 6) is 0. The van der Waals surface area contributed by atoms with Crippen LogP contribution in [0.4, 0.5) is 0 Å². The summed E-state index contributed by atoms with van der Waals surface area (Å²) in [5.41, 5.74) is -0.430. The molecule has 15 heavy (non-hydrogen) atoms. The zero-order valence-corrected chi connectivity index (χ0v) is 12.1. The maximum atomic E-state index is 9.16. The fourth-order valence-corrected chi connectivity index (χ4v) is 0.250. The molecule has 0 bridgehead atoms. The molecule has 0 N–H and O–H groups in total. The van der Waals surface area contributed by atoms with Crippen LogP contribution in [0.5, 0.6) is 0 Å². The lowest BCUT2D eigenvalue weighted by atomic mass is 10.2. The molecule has 0 spiro atoms. The van der Waals surface area contributed by atoms with E-state index in [0.717, 1.165) is 0 Å². The second kappa shape index (κ2) is 6.25. The second-order valence-electron chi connectivity index (χ2n) is 4.77. The van der Waals surface area contributed by atoms with Gasteiger partial charge in [0.25, 0.3) is 0 Å². The summed E-state index contributed by atoms with van der Waals surface area (Å²) in [5, 5.41) is 0. The van der Waals surface area contributed by atoms with Gasteiger partial charge in [0.15, 0.2) is 0 Å². The molecule has 0 fully saturated rings. The SMILES string of the molecule is CC(C)(C)OOC(C)(C)C.O=S(=O)(Cl)Cl. The van der Waals surface area contributed by atoms with Crippen molar-refractivity contribution in [2.45, 2.75) is 52.7 Å². The van der Waals surface area contributed by atoms with E-state index in [9.17, 15) is 0 Å². The van der Waals surface area contributed by atoms with Gasteiger partial charge in [0.2, 0.25) is 0 Å². The lowest BCUT2D eigenvalue weighted by molar-refractivity contribution is -0.393. The Kier molecular flexibility index (Phi) is 7.43. The molecule has 0 aliphatic carbocycles. The molecule has 0 rings (SSSR count). The first-order chi connectivity index (χ1) is 6.21. The minimum absolute atomic E-state index is 0.215. The fourth-order valence-electron chi connectivity index (χ4n) is 0.250. The highest BCUT2D eigenvalue weighted by Gasteiger charge is 2.18. The molecule has 0 aromatic rings. The summed E-state index contributed by atoms with van der Waals surface area (Å²) >= 11 is 0. The Balaban J connectivity index is 0. The van der Waals surface area contributed by atoms with Crippen LogP contribution in [0.2, 0.25) is 0 Å². The van der Waals surface area contributed by atoms with Gasteiger partial charge in [-0.05, 0) is 41.5 Å². The van der Waals surface area contributed by atoms with Crippen molar-refractivity contribution in [3.63, 3.8) is 0 Å². The Morgan fingerprint density at radius 1 is 0.800 bits per heavy atom. The van der Waals surface area contributed by atoms with Crippen molar-refractivity contribution in [3.05, 3.63) is 0 Å². The van der Waals surface area contributed by atoms with Gasteiger partial charge in [-0.2, -0.15) is 8.42 Å². The van der Waals surface area contributed by atoms with Crippen molar-refractivity contribution < 1.29 is 18.2 Å². The maximum absolute atomic E-state index is 9.16. The van der Waals surface area contributed by atoms with Gasteiger partial charge in [-0.1, -0.05) is 0 Å². The predicted molar refractivity (Wildman–Crippen MR) is 62.3 cm³/mol. The molecule has 4 nitrogen and oxygen atoms in total. The Morgan fingerprint density at radius 2 is 0.933 bits per heavy atom. The van der Waals surface area contributed by atoms with Gasteiger partial charge in [-0.25, -0.2) is 9.78 Å². The van der Waals surface area contributed by atoms with Crippen LogP contribution in [0.1, 0.15) is 41.5 Å². The minimum Gasteiger partial charge on any atom is -0.230 e. The Hall–Kier alpha value is 0.450. The molecule has 0 saturated carbocycles. The molecule has 0 radical (unpaired) electrons. The van der Waals surface area contributed by atoms with E-state index in [2.05, 4.69) is 21.4 Å². The minimum atomic E-state index is -3.72. The van der Waals surface area contributed by atoms with E-state index in [1.165, 1.54) is 0 Å². The second-order valence-corrected chi connectivity index (χ2v) is 8.44. The topological polar surface area (TPSA) is 52.6 Å². The highest BCUT2D eigenvalue weighted by atomic mass is 36.0. The quantitative estimate of drug-likeness (QED) is 0.420. The molecule has 0 amide bonds. The van der Waals surface area contributed by atoms with Crippen molar-refractivity contribution in [2.75, 3.05) is 0 Å². The first-order valence-corrected chi connectivity index (χ1v) is 7.35. The van der Waals surface area contributed by atoms with E-state index in [4.69, 9.17) is 18.2 Å². The molecule has 0 saturated heterocycles. The summed E-state index contributed by atoms with van der Waals surface area (Å²) in [6.07, 6.45) is 0. The van der Waals surface area contributed by atoms with E-state index in [-0.39, 0.29) is 11.2 Å². The number of hydrogen-bond acceptors (Lipinski definition) is 4. The Labute approximate surface area is 101 Å². The lowest BCUT2D eigenvalue weighted by Crippen LogP contribution is -2.27. The predicted octanol–water partition coefficient (Wildman–Crippen LogP) is 3.24.